The summed E-state index contributed by atoms with van der Waals surface area (Å²) in [5, 5.41) is 3.16. The van der Waals surface area contributed by atoms with E-state index in [1.807, 2.05) is 42.5 Å². The van der Waals surface area contributed by atoms with Crippen LogP contribution in [-0.4, -0.2) is 37.0 Å². The summed E-state index contributed by atoms with van der Waals surface area (Å²) in [4.78, 5) is 15.7. The number of benzene rings is 2. The highest BCUT2D eigenvalue weighted by Crippen LogP contribution is 2.42. The SMILES string of the molecule is O=C(Nc1ccc(OCCN2CCCCC2)cc1)C1(c2ccccc2)CCCC1. The molecule has 154 valence electrons. The largest absolute Gasteiger partial charge is 0.492 e. The Labute approximate surface area is 174 Å². The Morgan fingerprint density at radius 3 is 2.28 bits per heavy atom. The Balaban J connectivity index is 1.33. The number of piperidine rings is 1. The second-order valence-corrected chi connectivity index (χ2v) is 8.38. The average molecular weight is 393 g/mol. The van der Waals surface area contributed by atoms with Gasteiger partial charge in [-0.15, -0.1) is 0 Å². The van der Waals surface area contributed by atoms with Crippen molar-refractivity contribution in [3.8, 4) is 5.75 Å². The van der Waals surface area contributed by atoms with Gasteiger partial charge in [0.1, 0.15) is 12.4 Å². The van der Waals surface area contributed by atoms with E-state index < -0.39 is 5.41 Å². The third-order valence-corrected chi connectivity index (χ3v) is 6.46. The van der Waals surface area contributed by atoms with Crippen LogP contribution in [0.2, 0.25) is 0 Å². The van der Waals surface area contributed by atoms with Crippen LogP contribution in [0.5, 0.6) is 5.75 Å². The summed E-state index contributed by atoms with van der Waals surface area (Å²) in [6.45, 7) is 4.08. The smallest absolute Gasteiger partial charge is 0.235 e. The van der Waals surface area contributed by atoms with E-state index in [2.05, 4.69) is 22.3 Å². The number of carbonyl (C=O) groups excluding carboxylic acids is 1. The van der Waals surface area contributed by atoms with E-state index in [1.165, 1.54) is 32.4 Å². The molecule has 1 aliphatic heterocycles. The zero-order valence-electron chi connectivity index (χ0n) is 17.2. The molecule has 0 unspecified atom stereocenters. The van der Waals surface area contributed by atoms with Crippen molar-refractivity contribution < 1.29 is 9.53 Å². The normalized spacial score (nSPS) is 19.0. The van der Waals surface area contributed by atoms with Crippen molar-refractivity contribution in [1.29, 1.82) is 0 Å². The summed E-state index contributed by atoms with van der Waals surface area (Å²) in [6, 6.07) is 18.0. The average Bonchev–Trinajstić information content (AvgIpc) is 3.28. The van der Waals surface area contributed by atoms with E-state index in [-0.39, 0.29) is 5.91 Å². The first-order chi connectivity index (χ1) is 14.3. The highest BCUT2D eigenvalue weighted by molar-refractivity contribution is 5.99. The van der Waals surface area contributed by atoms with Gasteiger partial charge in [-0.05, 0) is 68.6 Å². The van der Waals surface area contributed by atoms with Crippen LogP contribution in [0.25, 0.3) is 0 Å². The molecule has 2 aliphatic rings. The van der Waals surface area contributed by atoms with Gasteiger partial charge in [0, 0.05) is 12.2 Å². The summed E-state index contributed by atoms with van der Waals surface area (Å²) in [5.74, 6) is 0.971. The number of carbonyl (C=O) groups is 1. The van der Waals surface area contributed by atoms with Crippen molar-refractivity contribution in [3.05, 3.63) is 60.2 Å². The molecule has 1 amide bonds. The Kier molecular flexibility index (Phi) is 6.50. The standard InChI is InChI=1S/C25H32N2O2/c28-24(25(15-5-6-16-25)21-9-3-1-4-10-21)26-22-11-13-23(14-12-22)29-20-19-27-17-7-2-8-18-27/h1,3-4,9-14H,2,5-8,15-20H2,(H,26,28). The number of nitrogens with zero attached hydrogens (tertiary/aromatic N) is 1. The summed E-state index contributed by atoms with van der Waals surface area (Å²) in [5.41, 5.74) is 1.57. The molecule has 1 saturated carbocycles. The maximum Gasteiger partial charge on any atom is 0.235 e. The zero-order chi connectivity index (χ0) is 19.9. The lowest BCUT2D eigenvalue weighted by Gasteiger charge is -2.28. The molecule has 0 bridgehead atoms. The number of nitrogens with one attached hydrogen (secondary N) is 1. The molecule has 2 fully saturated rings. The molecule has 0 radical (unpaired) electrons. The number of hydrogen-bond acceptors (Lipinski definition) is 3. The van der Waals surface area contributed by atoms with Gasteiger partial charge in [0.05, 0.1) is 5.41 Å². The summed E-state index contributed by atoms with van der Waals surface area (Å²) < 4.78 is 5.90. The Bertz CT molecular complexity index is 776. The second kappa shape index (κ2) is 9.45. The third-order valence-electron chi connectivity index (χ3n) is 6.46. The molecule has 0 spiro atoms. The molecule has 2 aromatic rings. The molecule has 4 heteroatoms. The van der Waals surface area contributed by atoms with Gasteiger partial charge in [-0.2, -0.15) is 0 Å². The van der Waals surface area contributed by atoms with Crippen LogP contribution in [0, 0.1) is 0 Å². The molecule has 1 heterocycles. The second-order valence-electron chi connectivity index (χ2n) is 8.38. The van der Waals surface area contributed by atoms with Crippen molar-refractivity contribution >= 4 is 11.6 Å². The van der Waals surface area contributed by atoms with Gasteiger partial charge in [0.2, 0.25) is 5.91 Å². The van der Waals surface area contributed by atoms with Crippen molar-refractivity contribution in [1.82, 2.24) is 4.90 Å². The maximum atomic E-state index is 13.2. The minimum absolute atomic E-state index is 0.111. The number of anilines is 1. The lowest BCUT2D eigenvalue weighted by atomic mass is 9.78. The molecular formula is C25H32N2O2. The molecule has 4 rings (SSSR count). The van der Waals surface area contributed by atoms with E-state index in [4.69, 9.17) is 4.74 Å². The monoisotopic (exact) mass is 392 g/mol. The maximum absolute atomic E-state index is 13.2. The molecule has 1 saturated heterocycles. The van der Waals surface area contributed by atoms with Crippen LogP contribution in [0.1, 0.15) is 50.5 Å². The Morgan fingerprint density at radius 2 is 1.59 bits per heavy atom. The van der Waals surface area contributed by atoms with Gasteiger partial charge in [-0.1, -0.05) is 49.6 Å². The van der Waals surface area contributed by atoms with Gasteiger partial charge < -0.3 is 10.1 Å². The topological polar surface area (TPSA) is 41.6 Å². The molecule has 29 heavy (non-hydrogen) atoms. The van der Waals surface area contributed by atoms with Crippen LogP contribution >= 0.6 is 0 Å². The predicted octanol–water partition coefficient (Wildman–Crippen LogP) is 5.00. The molecule has 1 aliphatic carbocycles. The number of amides is 1. The van der Waals surface area contributed by atoms with Crippen molar-refractivity contribution in [3.63, 3.8) is 0 Å². The fraction of sp³-hybridized carbons (Fsp3) is 0.480. The quantitative estimate of drug-likeness (QED) is 0.721. The minimum Gasteiger partial charge on any atom is -0.492 e. The van der Waals surface area contributed by atoms with Crippen LogP contribution in [0.15, 0.2) is 54.6 Å². The summed E-state index contributed by atoms with van der Waals surface area (Å²) in [6.07, 6.45) is 8.01. The Hall–Kier alpha value is -2.33. The van der Waals surface area contributed by atoms with E-state index in [9.17, 15) is 4.79 Å². The van der Waals surface area contributed by atoms with Gasteiger partial charge in [0.25, 0.3) is 0 Å². The highest BCUT2D eigenvalue weighted by atomic mass is 16.5. The van der Waals surface area contributed by atoms with Gasteiger partial charge in [-0.25, -0.2) is 0 Å². The van der Waals surface area contributed by atoms with Crippen LogP contribution in [0.3, 0.4) is 0 Å². The molecule has 0 aromatic heterocycles. The Morgan fingerprint density at radius 1 is 0.897 bits per heavy atom. The van der Waals surface area contributed by atoms with Crippen LogP contribution in [0.4, 0.5) is 5.69 Å². The number of rotatable bonds is 7. The van der Waals surface area contributed by atoms with E-state index in [0.29, 0.717) is 6.61 Å². The van der Waals surface area contributed by atoms with Crippen molar-refractivity contribution in [2.75, 3.05) is 31.6 Å². The lowest BCUT2D eigenvalue weighted by molar-refractivity contribution is -0.121. The minimum atomic E-state index is -0.398. The van der Waals surface area contributed by atoms with Gasteiger partial charge in [-0.3, -0.25) is 9.69 Å². The third kappa shape index (κ3) is 4.81. The first-order valence-corrected chi connectivity index (χ1v) is 11.1. The van der Waals surface area contributed by atoms with Crippen LogP contribution < -0.4 is 10.1 Å². The molecule has 2 aromatic carbocycles. The first-order valence-electron chi connectivity index (χ1n) is 11.1. The fourth-order valence-corrected chi connectivity index (χ4v) is 4.74. The number of likely N-dealkylation sites (tertiary alicyclic amines) is 1. The van der Waals surface area contributed by atoms with Crippen LogP contribution in [-0.2, 0) is 10.2 Å². The first kappa shape index (κ1) is 20.0. The molecular weight excluding hydrogens is 360 g/mol. The van der Waals surface area contributed by atoms with E-state index in [0.717, 1.165) is 49.2 Å². The van der Waals surface area contributed by atoms with Crippen molar-refractivity contribution in [2.45, 2.75) is 50.4 Å². The lowest BCUT2D eigenvalue weighted by Crippen LogP contribution is -2.37. The molecule has 4 nitrogen and oxygen atoms in total. The number of hydrogen-bond donors (Lipinski definition) is 1. The predicted molar refractivity (Wildman–Crippen MR) is 117 cm³/mol. The number of ether oxygens (including phenoxy) is 1. The highest BCUT2D eigenvalue weighted by Gasteiger charge is 2.42. The van der Waals surface area contributed by atoms with Gasteiger partial charge >= 0.3 is 0 Å². The summed E-state index contributed by atoms with van der Waals surface area (Å²) >= 11 is 0. The zero-order valence-corrected chi connectivity index (χ0v) is 17.2. The molecule has 1 N–H and O–H groups in total. The van der Waals surface area contributed by atoms with E-state index in [1.54, 1.807) is 0 Å². The van der Waals surface area contributed by atoms with Gasteiger partial charge in [0.15, 0.2) is 0 Å². The molecule has 0 atom stereocenters. The van der Waals surface area contributed by atoms with Crippen molar-refractivity contribution in [2.24, 2.45) is 0 Å². The summed E-state index contributed by atoms with van der Waals surface area (Å²) in [7, 11) is 0. The van der Waals surface area contributed by atoms with E-state index >= 15 is 0 Å². The fourth-order valence-electron chi connectivity index (χ4n) is 4.74.